The molecule has 3 rings (SSSR count). The highest BCUT2D eigenvalue weighted by atomic mass is 16.6. The number of rotatable bonds is 5. The van der Waals surface area contributed by atoms with Gasteiger partial charge in [-0.15, -0.1) is 0 Å². The number of piperidine rings is 1. The van der Waals surface area contributed by atoms with Gasteiger partial charge in [-0.3, -0.25) is 10.1 Å². The van der Waals surface area contributed by atoms with Crippen molar-refractivity contribution in [3.63, 3.8) is 0 Å². The lowest BCUT2D eigenvalue weighted by atomic mass is 10.0. The van der Waals surface area contributed by atoms with Gasteiger partial charge in [0, 0.05) is 24.7 Å². The van der Waals surface area contributed by atoms with E-state index in [0.29, 0.717) is 31.9 Å². The van der Waals surface area contributed by atoms with Gasteiger partial charge in [0.25, 0.3) is 0 Å². The van der Waals surface area contributed by atoms with E-state index in [9.17, 15) is 14.9 Å². The molecule has 1 aromatic heterocycles. The highest BCUT2D eigenvalue weighted by molar-refractivity contribution is 5.68. The molecule has 1 amide bonds. The van der Waals surface area contributed by atoms with Gasteiger partial charge < -0.3 is 20.3 Å². The van der Waals surface area contributed by atoms with Crippen molar-refractivity contribution in [1.82, 2.24) is 14.9 Å². The van der Waals surface area contributed by atoms with Gasteiger partial charge in [-0.25, -0.2) is 9.78 Å². The molecule has 0 spiro atoms. The zero-order chi connectivity index (χ0) is 21.9. The summed E-state index contributed by atoms with van der Waals surface area (Å²) in [4.78, 5) is 33.5. The van der Waals surface area contributed by atoms with Gasteiger partial charge in [-0.1, -0.05) is 12.8 Å². The van der Waals surface area contributed by atoms with Crippen LogP contribution in [0.4, 0.5) is 22.2 Å². The molecule has 2 fully saturated rings. The number of carbonyl (C=O) groups is 1. The average molecular weight is 421 g/mol. The topological polar surface area (TPSA) is 123 Å². The van der Waals surface area contributed by atoms with Gasteiger partial charge in [0.15, 0.2) is 0 Å². The molecule has 2 aliphatic rings. The summed E-state index contributed by atoms with van der Waals surface area (Å²) in [5.74, 6) is 0.619. The summed E-state index contributed by atoms with van der Waals surface area (Å²) in [7, 11) is 0. The first-order valence-electron chi connectivity index (χ1n) is 10.6. The molecule has 10 nitrogen and oxygen atoms in total. The predicted octanol–water partition coefficient (Wildman–Crippen LogP) is 3.94. The van der Waals surface area contributed by atoms with Gasteiger partial charge in [-0.05, 0) is 53.4 Å². The number of hydrogen-bond donors (Lipinski definition) is 2. The molecule has 1 saturated carbocycles. The molecule has 10 heteroatoms. The van der Waals surface area contributed by atoms with E-state index in [1.54, 1.807) is 4.90 Å². The van der Waals surface area contributed by atoms with Crippen LogP contribution in [-0.2, 0) is 4.74 Å². The Balaban J connectivity index is 1.64. The van der Waals surface area contributed by atoms with Crippen LogP contribution >= 0.6 is 0 Å². The maximum atomic E-state index is 12.2. The first-order valence-corrected chi connectivity index (χ1v) is 10.6. The number of amides is 1. The molecule has 2 heterocycles. The van der Waals surface area contributed by atoms with Crippen molar-refractivity contribution in [2.45, 2.75) is 83.4 Å². The minimum Gasteiger partial charge on any atom is -0.444 e. The van der Waals surface area contributed by atoms with Crippen LogP contribution in [0.3, 0.4) is 0 Å². The summed E-state index contributed by atoms with van der Waals surface area (Å²) in [5, 5.41) is 18.0. The highest BCUT2D eigenvalue weighted by Gasteiger charge is 2.31. The zero-order valence-electron chi connectivity index (χ0n) is 18.2. The smallest absolute Gasteiger partial charge is 0.410 e. The summed E-state index contributed by atoms with van der Waals surface area (Å²) in [6, 6.07) is -0.0211. The summed E-state index contributed by atoms with van der Waals surface area (Å²) in [6.45, 7) is 8.69. The molecule has 1 saturated heterocycles. The number of aromatic nitrogens is 2. The molecule has 0 unspecified atom stereocenters. The number of anilines is 2. The number of nitrogens with one attached hydrogen (secondary N) is 2. The number of nitrogens with zero attached hydrogens (tertiary/aromatic N) is 4. The van der Waals surface area contributed by atoms with Crippen LogP contribution in [0.25, 0.3) is 0 Å². The van der Waals surface area contributed by atoms with Gasteiger partial charge >= 0.3 is 11.8 Å². The minimum absolute atomic E-state index is 0.0211. The van der Waals surface area contributed by atoms with E-state index in [4.69, 9.17) is 4.74 Å². The van der Waals surface area contributed by atoms with Crippen LogP contribution in [0.1, 0.15) is 66.2 Å². The summed E-state index contributed by atoms with van der Waals surface area (Å²) >= 11 is 0. The molecule has 0 aromatic carbocycles. The van der Waals surface area contributed by atoms with Crippen LogP contribution in [0.15, 0.2) is 6.20 Å². The lowest BCUT2D eigenvalue weighted by Crippen LogP contribution is -2.44. The molecular formula is C20H32N6O4. The molecule has 1 aliphatic heterocycles. The number of hydrogen-bond acceptors (Lipinski definition) is 8. The second kappa shape index (κ2) is 8.61. The van der Waals surface area contributed by atoms with Crippen molar-refractivity contribution < 1.29 is 14.5 Å². The number of carbonyl (C=O) groups excluding carboxylic acids is 1. The second-order valence-electron chi connectivity index (χ2n) is 9.46. The van der Waals surface area contributed by atoms with Crippen LogP contribution in [-0.4, -0.2) is 56.2 Å². The third kappa shape index (κ3) is 5.70. The first kappa shape index (κ1) is 22.0. The largest absolute Gasteiger partial charge is 0.444 e. The first-order chi connectivity index (χ1) is 14.0. The Hall–Kier alpha value is -2.65. The Bertz CT molecular complexity index is 780. The van der Waals surface area contributed by atoms with Crippen molar-refractivity contribution >= 4 is 23.5 Å². The van der Waals surface area contributed by atoms with Crippen molar-refractivity contribution in [2.75, 3.05) is 23.7 Å². The molecule has 166 valence electrons. The summed E-state index contributed by atoms with van der Waals surface area (Å²) in [6.07, 6.45) is 6.59. The van der Waals surface area contributed by atoms with E-state index < -0.39 is 10.5 Å². The van der Waals surface area contributed by atoms with E-state index in [1.807, 2.05) is 20.8 Å². The lowest BCUT2D eigenvalue weighted by molar-refractivity contribution is -0.384. The average Bonchev–Trinajstić information content (AvgIpc) is 3.07. The van der Waals surface area contributed by atoms with Crippen molar-refractivity contribution in [3.8, 4) is 0 Å². The molecule has 1 aliphatic carbocycles. The number of ether oxygens (including phenoxy) is 1. The predicted molar refractivity (Wildman–Crippen MR) is 114 cm³/mol. The van der Waals surface area contributed by atoms with Crippen LogP contribution in [0.5, 0.6) is 0 Å². The normalized spacial score (nSPS) is 19.4. The molecule has 1 aromatic rings. The third-order valence-corrected chi connectivity index (χ3v) is 5.57. The van der Waals surface area contributed by atoms with Crippen molar-refractivity contribution in [1.29, 1.82) is 0 Å². The maximum absolute atomic E-state index is 12.2. The fourth-order valence-corrected chi connectivity index (χ4v) is 3.95. The number of nitro groups is 1. The Kier molecular flexibility index (Phi) is 6.33. The zero-order valence-corrected chi connectivity index (χ0v) is 18.2. The van der Waals surface area contributed by atoms with E-state index in [0.717, 1.165) is 25.7 Å². The minimum atomic E-state index is -0.535. The van der Waals surface area contributed by atoms with Gasteiger partial charge in [0.1, 0.15) is 11.8 Å². The molecule has 0 radical (unpaired) electrons. The Morgan fingerprint density at radius 2 is 1.93 bits per heavy atom. The van der Waals surface area contributed by atoms with Gasteiger partial charge in [-0.2, -0.15) is 4.98 Å². The fraction of sp³-hybridized carbons (Fsp3) is 0.750. The Morgan fingerprint density at radius 3 is 2.50 bits per heavy atom. The molecule has 30 heavy (non-hydrogen) atoms. The SMILES string of the molecule is CC1(Nc2ncc([N+](=O)[O-])c(NC3CCN(C(=O)OC(C)(C)C)CC3)n2)CCCC1. The van der Waals surface area contributed by atoms with Crippen molar-refractivity contribution in [2.24, 2.45) is 0 Å². The highest BCUT2D eigenvalue weighted by Crippen LogP contribution is 2.33. The quantitative estimate of drug-likeness (QED) is 0.542. The standard InChI is InChI=1S/C20H32N6O4/c1-19(2,3)30-18(27)25-11-7-14(8-12-25)22-16-15(26(28)29)13-21-17(23-16)24-20(4)9-5-6-10-20/h13-14H,5-12H2,1-4H3,(H2,21,22,23,24). The summed E-state index contributed by atoms with van der Waals surface area (Å²) in [5.41, 5.74) is -0.758. The van der Waals surface area contributed by atoms with E-state index in [2.05, 4.69) is 27.5 Å². The van der Waals surface area contributed by atoms with Crippen LogP contribution in [0.2, 0.25) is 0 Å². The van der Waals surface area contributed by atoms with Crippen molar-refractivity contribution in [3.05, 3.63) is 16.3 Å². The van der Waals surface area contributed by atoms with Crippen LogP contribution < -0.4 is 10.6 Å². The van der Waals surface area contributed by atoms with Gasteiger partial charge in [0.2, 0.25) is 11.8 Å². The molecule has 2 N–H and O–H groups in total. The van der Waals surface area contributed by atoms with Gasteiger partial charge in [0.05, 0.1) is 4.92 Å². The molecular weight excluding hydrogens is 388 g/mol. The number of likely N-dealkylation sites (tertiary alicyclic amines) is 1. The molecule has 0 atom stereocenters. The Morgan fingerprint density at radius 1 is 1.30 bits per heavy atom. The monoisotopic (exact) mass is 420 g/mol. The summed E-state index contributed by atoms with van der Waals surface area (Å²) < 4.78 is 5.42. The van der Waals surface area contributed by atoms with E-state index in [1.165, 1.54) is 6.20 Å². The molecule has 0 bridgehead atoms. The third-order valence-electron chi connectivity index (χ3n) is 5.57. The fourth-order valence-electron chi connectivity index (χ4n) is 3.95. The second-order valence-corrected chi connectivity index (χ2v) is 9.46. The van der Waals surface area contributed by atoms with E-state index in [-0.39, 0.29) is 29.2 Å². The maximum Gasteiger partial charge on any atom is 0.410 e. The van der Waals surface area contributed by atoms with Crippen LogP contribution in [0, 0.1) is 10.1 Å². The van der Waals surface area contributed by atoms with E-state index >= 15 is 0 Å². The Labute approximate surface area is 176 Å². The lowest BCUT2D eigenvalue weighted by Gasteiger charge is -2.33.